The van der Waals surface area contributed by atoms with E-state index >= 15 is 0 Å². The molecule has 7 heteroatoms. The number of benzene rings is 2. The number of esters is 1. The van der Waals surface area contributed by atoms with Gasteiger partial charge in [-0.25, -0.2) is 0 Å². The van der Waals surface area contributed by atoms with Crippen molar-refractivity contribution in [3.8, 4) is 5.75 Å². The Balaban J connectivity index is 1.69. The average molecular weight is 433 g/mol. The molecule has 0 heterocycles. The summed E-state index contributed by atoms with van der Waals surface area (Å²) in [5, 5.41) is 5.49. The van der Waals surface area contributed by atoms with E-state index in [0.29, 0.717) is 37.2 Å². The minimum absolute atomic E-state index is 0.0684. The molecule has 0 spiro atoms. The van der Waals surface area contributed by atoms with Crippen LogP contribution in [-0.2, 0) is 16.0 Å². The summed E-state index contributed by atoms with van der Waals surface area (Å²) >= 11 is 3.40. The Kier molecular flexibility index (Phi) is 8.00. The first-order valence-corrected chi connectivity index (χ1v) is 9.31. The number of hydrogen-bond donors (Lipinski definition) is 2. The molecule has 0 atom stereocenters. The summed E-state index contributed by atoms with van der Waals surface area (Å²) in [7, 11) is 0. The summed E-state index contributed by atoms with van der Waals surface area (Å²) in [5.74, 6) is -0.498. The molecule has 27 heavy (non-hydrogen) atoms. The van der Waals surface area contributed by atoms with Gasteiger partial charge < -0.3 is 15.4 Å². The quantitative estimate of drug-likeness (QED) is 0.381. The molecule has 0 aromatic heterocycles. The van der Waals surface area contributed by atoms with Gasteiger partial charge in [0.15, 0.2) is 0 Å². The highest BCUT2D eigenvalue weighted by Crippen LogP contribution is 2.14. The average Bonchev–Trinajstić information content (AvgIpc) is 2.63. The molecule has 0 aliphatic rings. The van der Waals surface area contributed by atoms with Crippen molar-refractivity contribution in [3.63, 3.8) is 0 Å². The molecule has 2 N–H and O–H groups in total. The molecule has 2 aromatic carbocycles. The first kappa shape index (κ1) is 20.6. The molecule has 142 valence electrons. The van der Waals surface area contributed by atoms with Crippen molar-refractivity contribution in [1.29, 1.82) is 0 Å². The third-order valence-corrected chi connectivity index (χ3v) is 4.11. The molecule has 0 bridgehead atoms. The lowest BCUT2D eigenvalue weighted by Crippen LogP contribution is -2.34. The molecule has 0 saturated heterocycles. The highest BCUT2D eigenvalue weighted by Gasteiger charge is 2.08. The van der Waals surface area contributed by atoms with Crippen molar-refractivity contribution in [2.45, 2.75) is 19.8 Å². The van der Waals surface area contributed by atoms with Gasteiger partial charge in [0.25, 0.3) is 5.91 Å². The van der Waals surface area contributed by atoms with Crippen molar-refractivity contribution in [1.82, 2.24) is 10.6 Å². The lowest BCUT2D eigenvalue weighted by molar-refractivity contribution is -0.131. The molecule has 2 amide bonds. The minimum Gasteiger partial charge on any atom is -0.427 e. The van der Waals surface area contributed by atoms with E-state index in [0.717, 1.165) is 10.0 Å². The Hall–Kier alpha value is -2.67. The van der Waals surface area contributed by atoms with Crippen LogP contribution in [0.5, 0.6) is 5.75 Å². The Morgan fingerprint density at radius 3 is 2.48 bits per heavy atom. The van der Waals surface area contributed by atoms with Crippen LogP contribution in [0, 0.1) is 0 Å². The summed E-state index contributed by atoms with van der Waals surface area (Å²) < 4.78 is 5.94. The van der Waals surface area contributed by atoms with Gasteiger partial charge in [0, 0.05) is 36.5 Å². The Morgan fingerprint density at radius 1 is 1.00 bits per heavy atom. The van der Waals surface area contributed by atoms with Gasteiger partial charge in [-0.3, -0.25) is 14.4 Å². The van der Waals surface area contributed by atoms with Crippen LogP contribution in [0.15, 0.2) is 53.0 Å². The SMILES string of the molecule is CC(=O)Oc1cccc(C(=O)NCCNC(=O)CCc2cccc(Br)c2)c1. The molecule has 2 aromatic rings. The van der Waals surface area contributed by atoms with E-state index in [1.807, 2.05) is 24.3 Å². The second-order valence-electron chi connectivity index (χ2n) is 5.86. The lowest BCUT2D eigenvalue weighted by atomic mass is 10.1. The monoisotopic (exact) mass is 432 g/mol. The summed E-state index contributed by atoms with van der Waals surface area (Å²) in [6.07, 6.45) is 1.04. The van der Waals surface area contributed by atoms with Crippen molar-refractivity contribution in [2.75, 3.05) is 13.1 Å². The number of halogens is 1. The van der Waals surface area contributed by atoms with Crippen molar-refractivity contribution in [3.05, 3.63) is 64.1 Å². The van der Waals surface area contributed by atoms with Crippen LogP contribution in [0.3, 0.4) is 0 Å². The maximum absolute atomic E-state index is 12.1. The van der Waals surface area contributed by atoms with E-state index in [1.165, 1.54) is 13.0 Å². The molecule has 0 saturated carbocycles. The third-order valence-electron chi connectivity index (χ3n) is 3.62. The first-order valence-electron chi connectivity index (χ1n) is 8.52. The van der Waals surface area contributed by atoms with Crippen molar-refractivity contribution in [2.24, 2.45) is 0 Å². The number of rotatable bonds is 8. The van der Waals surface area contributed by atoms with Gasteiger partial charge in [-0.15, -0.1) is 0 Å². The van der Waals surface area contributed by atoms with Gasteiger partial charge in [-0.1, -0.05) is 34.1 Å². The molecule has 2 rings (SSSR count). The number of carbonyl (C=O) groups is 3. The fourth-order valence-electron chi connectivity index (χ4n) is 2.39. The number of carbonyl (C=O) groups excluding carboxylic acids is 3. The predicted molar refractivity (Wildman–Crippen MR) is 106 cm³/mol. The van der Waals surface area contributed by atoms with E-state index in [9.17, 15) is 14.4 Å². The predicted octanol–water partition coefficient (Wildman–Crippen LogP) is 2.85. The number of amides is 2. The summed E-state index contributed by atoms with van der Waals surface area (Å²) in [5.41, 5.74) is 1.47. The van der Waals surface area contributed by atoms with Crippen molar-refractivity contribution < 1.29 is 19.1 Å². The Labute approximate surface area is 166 Å². The van der Waals surface area contributed by atoms with Crippen LogP contribution in [0.25, 0.3) is 0 Å². The van der Waals surface area contributed by atoms with E-state index in [-0.39, 0.29) is 11.8 Å². The molecular weight excluding hydrogens is 412 g/mol. The zero-order valence-electron chi connectivity index (χ0n) is 15.0. The molecule has 6 nitrogen and oxygen atoms in total. The maximum Gasteiger partial charge on any atom is 0.308 e. The van der Waals surface area contributed by atoms with Crippen LogP contribution < -0.4 is 15.4 Å². The highest BCUT2D eigenvalue weighted by atomic mass is 79.9. The fraction of sp³-hybridized carbons (Fsp3) is 0.250. The topological polar surface area (TPSA) is 84.5 Å². The fourth-order valence-corrected chi connectivity index (χ4v) is 2.83. The molecule has 0 aliphatic carbocycles. The van der Waals surface area contributed by atoms with Gasteiger partial charge in [-0.05, 0) is 42.3 Å². The van der Waals surface area contributed by atoms with E-state index in [4.69, 9.17) is 4.74 Å². The number of hydrogen-bond acceptors (Lipinski definition) is 4. The minimum atomic E-state index is -0.446. The van der Waals surface area contributed by atoms with Gasteiger partial charge in [0.05, 0.1) is 0 Å². The molecule has 0 fully saturated rings. The van der Waals surface area contributed by atoms with Crippen LogP contribution in [0.4, 0.5) is 0 Å². The van der Waals surface area contributed by atoms with Crippen LogP contribution in [-0.4, -0.2) is 30.9 Å². The van der Waals surface area contributed by atoms with E-state index in [2.05, 4.69) is 26.6 Å². The summed E-state index contributed by atoms with van der Waals surface area (Å²) in [4.78, 5) is 34.9. The first-order chi connectivity index (χ1) is 12.9. The Bertz CT molecular complexity index is 823. The van der Waals surface area contributed by atoms with Crippen LogP contribution in [0.2, 0.25) is 0 Å². The van der Waals surface area contributed by atoms with Crippen LogP contribution >= 0.6 is 15.9 Å². The molecule has 0 aliphatic heterocycles. The summed E-state index contributed by atoms with van der Waals surface area (Å²) in [6.45, 7) is 1.94. The maximum atomic E-state index is 12.1. The molecule has 0 unspecified atom stereocenters. The molecular formula is C20H21BrN2O4. The van der Waals surface area contributed by atoms with E-state index in [1.54, 1.807) is 18.2 Å². The third kappa shape index (κ3) is 7.62. The van der Waals surface area contributed by atoms with Gasteiger partial charge in [-0.2, -0.15) is 0 Å². The van der Waals surface area contributed by atoms with Crippen molar-refractivity contribution >= 4 is 33.7 Å². The van der Waals surface area contributed by atoms with Gasteiger partial charge in [0.1, 0.15) is 5.75 Å². The van der Waals surface area contributed by atoms with Gasteiger partial charge in [0.2, 0.25) is 5.91 Å². The zero-order chi connectivity index (χ0) is 19.6. The second-order valence-corrected chi connectivity index (χ2v) is 6.77. The standard InChI is InChI=1S/C20H21BrN2O4/c1-14(24)27-18-7-3-5-16(13-18)20(26)23-11-10-22-19(25)9-8-15-4-2-6-17(21)12-15/h2-7,12-13H,8-11H2,1H3,(H,22,25)(H,23,26). The summed E-state index contributed by atoms with van der Waals surface area (Å²) in [6, 6.07) is 14.2. The number of ether oxygens (including phenoxy) is 1. The van der Waals surface area contributed by atoms with E-state index < -0.39 is 5.97 Å². The highest BCUT2D eigenvalue weighted by molar-refractivity contribution is 9.10. The van der Waals surface area contributed by atoms with Crippen LogP contribution in [0.1, 0.15) is 29.3 Å². The second kappa shape index (κ2) is 10.5. The lowest BCUT2D eigenvalue weighted by Gasteiger charge is -2.08. The number of aryl methyl sites for hydroxylation is 1. The number of nitrogens with one attached hydrogen (secondary N) is 2. The molecule has 0 radical (unpaired) electrons. The Morgan fingerprint density at radius 2 is 1.74 bits per heavy atom. The largest absolute Gasteiger partial charge is 0.427 e. The zero-order valence-corrected chi connectivity index (χ0v) is 16.5. The normalized spacial score (nSPS) is 10.1. The smallest absolute Gasteiger partial charge is 0.308 e. The van der Waals surface area contributed by atoms with Gasteiger partial charge >= 0.3 is 5.97 Å².